The van der Waals surface area contributed by atoms with Crippen molar-refractivity contribution in [1.29, 1.82) is 0 Å². The topological polar surface area (TPSA) is 49.0 Å². The molecule has 2 aliphatic heterocycles. The summed E-state index contributed by atoms with van der Waals surface area (Å²) < 4.78 is 0. The van der Waals surface area contributed by atoms with E-state index in [1.807, 2.05) is 35.4 Å². The Morgan fingerprint density at radius 1 is 1.39 bits per heavy atom. The summed E-state index contributed by atoms with van der Waals surface area (Å²) in [5.41, 5.74) is 2.05. The third-order valence-corrected chi connectivity index (χ3v) is 4.62. The van der Waals surface area contributed by atoms with Gasteiger partial charge in [-0.3, -0.25) is 4.79 Å². The Hall–Kier alpha value is -1.75. The highest BCUT2D eigenvalue weighted by Crippen LogP contribution is 2.38. The molecule has 0 bridgehead atoms. The monoisotopic (exact) mass is 257 g/mol. The maximum Gasteiger partial charge on any atom is 0.228 e. The number of β-lactam (4-membered cyclic amide) rings is 1. The minimum Gasteiger partial charge on any atom is -0.333 e. The highest BCUT2D eigenvalue weighted by Gasteiger charge is 2.43. The van der Waals surface area contributed by atoms with Crippen LogP contribution in [0.4, 0.5) is 0 Å². The minimum absolute atomic E-state index is 0.226. The van der Waals surface area contributed by atoms with Gasteiger partial charge in [0.25, 0.3) is 0 Å². The van der Waals surface area contributed by atoms with Crippen molar-refractivity contribution in [1.82, 2.24) is 14.9 Å². The number of nitrogens with zero attached hydrogens (tertiary/aromatic N) is 2. The molecule has 4 nitrogen and oxygen atoms in total. The van der Waals surface area contributed by atoms with Crippen LogP contribution in [0, 0.1) is 0 Å². The molecule has 2 atom stereocenters. The van der Waals surface area contributed by atoms with Gasteiger partial charge in [0.05, 0.1) is 22.3 Å². The standard InChI is InChI=1S/C13H11N3OS/c17-12-7-10-11(5-6-16(10)12)18-13-14-8-3-1-2-4-9(8)15-13/h1-6,10-11H,7H2,(H,14,15)/t10-,11?/m0/s1. The van der Waals surface area contributed by atoms with Crippen molar-refractivity contribution in [3.63, 3.8) is 0 Å². The van der Waals surface area contributed by atoms with E-state index in [1.165, 1.54) is 0 Å². The molecule has 1 fully saturated rings. The van der Waals surface area contributed by atoms with Gasteiger partial charge in [0, 0.05) is 12.6 Å². The van der Waals surface area contributed by atoms with Crippen LogP contribution in [0.5, 0.6) is 0 Å². The van der Waals surface area contributed by atoms with E-state index < -0.39 is 0 Å². The van der Waals surface area contributed by atoms with Crippen molar-refractivity contribution in [3.05, 3.63) is 36.5 Å². The van der Waals surface area contributed by atoms with Gasteiger partial charge >= 0.3 is 0 Å². The first-order valence-corrected chi connectivity index (χ1v) is 6.80. The zero-order valence-corrected chi connectivity index (χ0v) is 10.4. The molecule has 3 heterocycles. The number of H-pyrrole nitrogens is 1. The number of nitrogens with one attached hydrogen (secondary N) is 1. The van der Waals surface area contributed by atoms with Crippen LogP contribution >= 0.6 is 11.8 Å². The van der Waals surface area contributed by atoms with Crippen LogP contribution < -0.4 is 0 Å². The Balaban J connectivity index is 1.58. The number of carbonyl (C=O) groups is 1. The molecule has 90 valence electrons. The zero-order chi connectivity index (χ0) is 12.1. The Labute approximate surface area is 108 Å². The number of carbonyl (C=O) groups excluding carboxylic acids is 1. The van der Waals surface area contributed by atoms with Crippen molar-refractivity contribution in [2.45, 2.75) is 22.9 Å². The number of hydrogen-bond donors (Lipinski definition) is 1. The second kappa shape index (κ2) is 3.62. The predicted octanol–water partition coefficient (Wildman–Crippen LogP) is 2.15. The summed E-state index contributed by atoms with van der Waals surface area (Å²) in [6.07, 6.45) is 4.65. The number of fused-ring (bicyclic) bond motifs is 2. The van der Waals surface area contributed by atoms with Crippen LogP contribution in [0.1, 0.15) is 6.42 Å². The van der Waals surface area contributed by atoms with Crippen molar-refractivity contribution in [2.24, 2.45) is 0 Å². The van der Waals surface area contributed by atoms with Gasteiger partial charge in [0.1, 0.15) is 0 Å². The first-order chi connectivity index (χ1) is 8.81. The normalized spacial score (nSPS) is 25.6. The van der Waals surface area contributed by atoms with Crippen LogP contribution in [0.3, 0.4) is 0 Å². The summed E-state index contributed by atoms with van der Waals surface area (Å²) in [4.78, 5) is 21.0. The predicted molar refractivity (Wildman–Crippen MR) is 70.1 cm³/mol. The Bertz CT molecular complexity index is 630. The van der Waals surface area contributed by atoms with Gasteiger partial charge in [0.2, 0.25) is 5.91 Å². The van der Waals surface area contributed by atoms with Crippen LogP contribution in [-0.2, 0) is 4.79 Å². The van der Waals surface area contributed by atoms with E-state index in [9.17, 15) is 4.79 Å². The summed E-state index contributed by atoms with van der Waals surface area (Å²) in [6, 6.07) is 8.34. The van der Waals surface area contributed by atoms with E-state index in [0.717, 1.165) is 16.2 Å². The fraction of sp³-hybridized carbons (Fsp3) is 0.231. The van der Waals surface area contributed by atoms with Gasteiger partial charge in [-0.15, -0.1) is 0 Å². The molecule has 1 amide bonds. The van der Waals surface area contributed by atoms with E-state index in [2.05, 4.69) is 16.0 Å². The maximum absolute atomic E-state index is 11.3. The first-order valence-electron chi connectivity index (χ1n) is 5.92. The molecule has 2 aromatic rings. The molecule has 0 saturated carbocycles. The quantitative estimate of drug-likeness (QED) is 0.839. The second-order valence-electron chi connectivity index (χ2n) is 4.56. The van der Waals surface area contributed by atoms with Crippen LogP contribution in [0.15, 0.2) is 41.7 Å². The van der Waals surface area contributed by atoms with E-state index in [0.29, 0.717) is 17.7 Å². The van der Waals surface area contributed by atoms with E-state index in [-0.39, 0.29) is 5.91 Å². The molecule has 0 aliphatic carbocycles. The molecule has 1 unspecified atom stereocenters. The zero-order valence-electron chi connectivity index (χ0n) is 9.54. The summed E-state index contributed by atoms with van der Waals surface area (Å²) >= 11 is 1.69. The van der Waals surface area contributed by atoms with Crippen molar-refractivity contribution < 1.29 is 4.79 Å². The number of thioether (sulfide) groups is 1. The number of aromatic amines is 1. The molecule has 1 aromatic heterocycles. The van der Waals surface area contributed by atoms with Gasteiger partial charge in [-0.25, -0.2) is 4.98 Å². The van der Waals surface area contributed by atoms with Gasteiger partial charge in [-0.2, -0.15) is 0 Å². The molecule has 2 aliphatic rings. The minimum atomic E-state index is 0.226. The number of hydrogen-bond acceptors (Lipinski definition) is 3. The van der Waals surface area contributed by atoms with Crippen LogP contribution in [-0.4, -0.2) is 32.1 Å². The fourth-order valence-electron chi connectivity index (χ4n) is 2.46. The number of rotatable bonds is 2. The molecule has 18 heavy (non-hydrogen) atoms. The third-order valence-electron chi connectivity index (χ3n) is 3.46. The van der Waals surface area contributed by atoms with Crippen molar-refractivity contribution in [2.75, 3.05) is 0 Å². The molecule has 4 rings (SSSR count). The lowest BCUT2D eigenvalue weighted by atomic mass is 10.0. The molecule has 1 N–H and O–H groups in total. The maximum atomic E-state index is 11.3. The summed E-state index contributed by atoms with van der Waals surface area (Å²) in [6.45, 7) is 0. The highest BCUT2D eigenvalue weighted by molar-refractivity contribution is 8.00. The summed E-state index contributed by atoms with van der Waals surface area (Å²) in [5.74, 6) is 0.226. The van der Waals surface area contributed by atoms with E-state index in [4.69, 9.17) is 0 Å². The molecule has 5 heteroatoms. The number of amides is 1. The smallest absolute Gasteiger partial charge is 0.228 e. The van der Waals surface area contributed by atoms with Crippen LogP contribution in [0.2, 0.25) is 0 Å². The second-order valence-corrected chi connectivity index (χ2v) is 5.72. The van der Waals surface area contributed by atoms with Gasteiger partial charge in [-0.05, 0) is 12.1 Å². The first kappa shape index (κ1) is 10.2. The van der Waals surface area contributed by atoms with Gasteiger partial charge in [-0.1, -0.05) is 30.0 Å². The highest BCUT2D eigenvalue weighted by atomic mass is 32.2. The summed E-state index contributed by atoms with van der Waals surface area (Å²) in [7, 11) is 0. The number of benzene rings is 1. The molecule has 1 aromatic carbocycles. The molecule has 0 radical (unpaired) electrons. The van der Waals surface area contributed by atoms with Gasteiger partial charge < -0.3 is 9.88 Å². The van der Waals surface area contributed by atoms with Crippen molar-refractivity contribution in [3.8, 4) is 0 Å². The fourth-order valence-corrected chi connectivity index (χ4v) is 3.57. The molecular weight excluding hydrogens is 246 g/mol. The molecular formula is C13H11N3OS. The Kier molecular flexibility index (Phi) is 2.05. The van der Waals surface area contributed by atoms with Crippen LogP contribution in [0.25, 0.3) is 11.0 Å². The lowest BCUT2D eigenvalue weighted by Gasteiger charge is -2.36. The molecule has 0 spiro atoms. The van der Waals surface area contributed by atoms with Crippen molar-refractivity contribution >= 4 is 28.7 Å². The lowest BCUT2D eigenvalue weighted by Crippen LogP contribution is -2.50. The largest absolute Gasteiger partial charge is 0.333 e. The number of imidazole rings is 1. The average Bonchev–Trinajstić information content (AvgIpc) is 2.90. The number of aromatic nitrogens is 2. The van der Waals surface area contributed by atoms with Gasteiger partial charge in [0.15, 0.2) is 5.16 Å². The van der Waals surface area contributed by atoms with E-state index >= 15 is 0 Å². The average molecular weight is 257 g/mol. The third kappa shape index (κ3) is 1.40. The lowest BCUT2D eigenvalue weighted by molar-refractivity contribution is -0.139. The Morgan fingerprint density at radius 2 is 2.28 bits per heavy atom. The Morgan fingerprint density at radius 3 is 3.06 bits per heavy atom. The summed E-state index contributed by atoms with van der Waals surface area (Å²) in [5, 5.41) is 1.25. The number of para-hydroxylation sites is 2. The molecule has 1 saturated heterocycles. The van der Waals surface area contributed by atoms with E-state index in [1.54, 1.807) is 11.8 Å². The SMILES string of the molecule is O=C1C[C@H]2C(Sc3nc4ccccc4[nH]3)C=CN12.